The number of likely N-dealkylation sites (tertiary alicyclic amines) is 1. The number of hydrogen-bond acceptors (Lipinski definition) is 6. The zero-order valence-electron chi connectivity index (χ0n) is 19.1. The number of piperidine rings is 1. The van der Waals surface area contributed by atoms with Crippen molar-refractivity contribution < 1.29 is 23.9 Å². The highest BCUT2D eigenvalue weighted by Gasteiger charge is 2.45. The number of hydrogen-bond donors (Lipinski definition) is 0. The highest BCUT2D eigenvalue weighted by Crippen LogP contribution is 2.35. The van der Waals surface area contributed by atoms with Crippen molar-refractivity contribution in [1.82, 2.24) is 14.7 Å². The van der Waals surface area contributed by atoms with Crippen molar-refractivity contribution in [3.63, 3.8) is 0 Å². The molecule has 0 spiro atoms. The number of nitrogens with zero attached hydrogens (tertiary/aromatic N) is 3. The second kappa shape index (κ2) is 9.32. The van der Waals surface area contributed by atoms with Gasteiger partial charge in [-0.1, -0.05) is 18.2 Å². The third-order valence-electron chi connectivity index (χ3n) is 6.57. The standard InChI is InChI=1S/C24H31N3O5/c1-4-32-24(30)26-9-7-19(8-10-26)27-22(28)20(18-6-5-16(2)17(3)15-18)21(23(27)29)25-11-13-31-14-12-25/h5-6,15,19H,4,7-14H2,1-3H3. The summed E-state index contributed by atoms with van der Waals surface area (Å²) in [5, 5.41) is 0. The molecule has 2 saturated heterocycles. The highest BCUT2D eigenvalue weighted by atomic mass is 16.6. The molecule has 3 aliphatic heterocycles. The fourth-order valence-corrected chi connectivity index (χ4v) is 4.63. The van der Waals surface area contributed by atoms with Crippen LogP contribution in [0.5, 0.6) is 0 Å². The third kappa shape index (κ3) is 4.11. The maximum atomic E-state index is 13.7. The molecule has 0 atom stereocenters. The van der Waals surface area contributed by atoms with Gasteiger partial charge in [0.25, 0.3) is 11.8 Å². The second-order valence-corrected chi connectivity index (χ2v) is 8.52. The zero-order chi connectivity index (χ0) is 22.8. The maximum absolute atomic E-state index is 13.7. The lowest BCUT2D eigenvalue weighted by Gasteiger charge is -2.36. The van der Waals surface area contributed by atoms with Crippen LogP contribution in [0.1, 0.15) is 36.5 Å². The summed E-state index contributed by atoms with van der Waals surface area (Å²) in [5.41, 5.74) is 3.96. The molecule has 0 saturated carbocycles. The molecule has 3 amide bonds. The van der Waals surface area contributed by atoms with Crippen molar-refractivity contribution in [2.45, 2.75) is 39.7 Å². The number of morpholine rings is 1. The van der Waals surface area contributed by atoms with E-state index in [1.165, 1.54) is 4.90 Å². The SMILES string of the molecule is CCOC(=O)N1CCC(N2C(=O)C(c3ccc(C)c(C)c3)=C(N3CCOCC3)C2=O)CC1. The smallest absolute Gasteiger partial charge is 0.409 e. The Labute approximate surface area is 188 Å². The van der Waals surface area contributed by atoms with E-state index >= 15 is 0 Å². The first-order valence-corrected chi connectivity index (χ1v) is 11.4. The van der Waals surface area contributed by atoms with E-state index in [9.17, 15) is 14.4 Å². The molecule has 1 aromatic carbocycles. The Morgan fingerprint density at radius 1 is 1.03 bits per heavy atom. The number of carbonyl (C=O) groups excluding carboxylic acids is 3. The molecule has 0 radical (unpaired) electrons. The van der Waals surface area contributed by atoms with Gasteiger partial charge in [-0.3, -0.25) is 14.5 Å². The molecule has 1 aromatic rings. The molecular weight excluding hydrogens is 410 g/mol. The van der Waals surface area contributed by atoms with E-state index in [0.717, 1.165) is 16.7 Å². The summed E-state index contributed by atoms with van der Waals surface area (Å²) >= 11 is 0. The molecule has 0 unspecified atom stereocenters. The van der Waals surface area contributed by atoms with Gasteiger partial charge in [0.1, 0.15) is 5.70 Å². The normalized spacial score (nSPS) is 20.4. The van der Waals surface area contributed by atoms with Gasteiger partial charge in [-0.05, 0) is 50.3 Å². The first-order chi connectivity index (χ1) is 15.4. The number of ether oxygens (including phenoxy) is 2. The van der Waals surface area contributed by atoms with Crippen molar-refractivity contribution in [3.8, 4) is 0 Å². The van der Waals surface area contributed by atoms with Crippen LogP contribution in [0.3, 0.4) is 0 Å². The quantitative estimate of drug-likeness (QED) is 0.668. The Morgan fingerprint density at radius 3 is 2.34 bits per heavy atom. The van der Waals surface area contributed by atoms with Gasteiger partial charge in [0.15, 0.2) is 0 Å². The summed E-state index contributed by atoms with van der Waals surface area (Å²) in [6.45, 7) is 9.30. The fourth-order valence-electron chi connectivity index (χ4n) is 4.63. The van der Waals surface area contributed by atoms with E-state index in [2.05, 4.69) is 0 Å². The van der Waals surface area contributed by atoms with E-state index < -0.39 is 0 Å². The van der Waals surface area contributed by atoms with Crippen LogP contribution >= 0.6 is 0 Å². The van der Waals surface area contributed by atoms with Gasteiger partial charge in [-0.2, -0.15) is 0 Å². The van der Waals surface area contributed by atoms with Gasteiger partial charge >= 0.3 is 6.09 Å². The predicted molar refractivity (Wildman–Crippen MR) is 119 cm³/mol. The van der Waals surface area contributed by atoms with Crippen molar-refractivity contribution in [1.29, 1.82) is 0 Å². The molecule has 8 heteroatoms. The molecule has 3 aliphatic rings. The van der Waals surface area contributed by atoms with E-state index in [0.29, 0.717) is 70.1 Å². The van der Waals surface area contributed by atoms with Crippen molar-refractivity contribution in [2.24, 2.45) is 0 Å². The summed E-state index contributed by atoms with van der Waals surface area (Å²) in [7, 11) is 0. The van der Waals surface area contributed by atoms with Crippen LogP contribution in [-0.2, 0) is 19.1 Å². The fraction of sp³-hybridized carbons (Fsp3) is 0.542. The van der Waals surface area contributed by atoms with E-state index in [-0.39, 0.29) is 23.9 Å². The Kier molecular flexibility index (Phi) is 6.50. The molecule has 4 rings (SSSR count). The molecule has 32 heavy (non-hydrogen) atoms. The van der Waals surface area contributed by atoms with Crippen LogP contribution in [0.15, 0.2) is 23.9 Å². The summed E-state index contributed by atoms with van der Waals surface area (Å²) in [6.07, 6.45) is 0.757. The number of imide groups is 1. The average Bonchev–Trinajstić information content (AvgIpc) is 3.06. The molecule has 3 heterocycles. The molecule has 172 valence electrons. The predicted octanol–water partition coefficient (Wildman–Crippen LogP) is 2.34. The number of rotatable bonds is 4. The van der Waals surface area contributed by atoms with Crippen LogP contribution in [0, 0.1) is 13.8 Å². The van der Waals surface area contributed by atoms with Crippen molar-refractivity contribution >= 4 is 23.5 Å². The average molecular weight is 442 g/mol. The molecule has 0 aromatic heterocycles. The Bertz CT molecular complexity index is 943. The van der Waals surface area contributed by atoms with Crippen LogP contribution in [0.25, 0.3) is 5.57 Å². The summed E-state index contributed by atoms with van der Waals surface area (Å²) < 4.78 is 10.6. The van der Waals surface area contributed by atoms with E-state index in [1.54, 1.807) is 11.8 Å². The van der Waals surface area contributed by atoms with Gasteiger partial charge < -0.3 is 19.3 Å². The first-order valence-electron chi connectivity index (χ1n) is 11.4. The van der Waals surface area contributed by atoms with E-state index in [4.69, 9.17) is 9.47 Å². The van der Waals surface area contributed by atoms with Crippen LogP contribution < -0.4 is 0 Å². The molecular formula is C24H31N3O5. The van der Waals surface area contributed by atoms with Crippen molar-refractivity contribution in [3.05, 3.63) is 40.6 Å². The molecule has 0 bridgehead atoms. The lowest BCUT2D eigenvalue weighted by Crippen LogP contribution is -2.50. The Balaban J connectivity index is 1.62. The van der Waals surface area contributed by atoms with Crippen molar-refractivity contribution in [2.75, 3.05) is 46.0 Å². The van der Waals surface area contributed by atoms with Gasteiger partial charge in [0.2, 0.25) is 0 Å². The van der Waals surface area contributed by atoms with Gasteiger partial charge in [0.05, 0.1) is 25.4 Å². The van der Waals surface area contributed by atoms with Crippen LogP contribution in [0.4, 0.5) is 4.79 Å². The minimum Gasteiger partial charge on any atom is -0.450 e. The summed E-state index contributed by atoms with van der Waals surface area (Å²) in [4.78, 5) is 44.4. The molecule has 0 N–H and O–H groups in total. The largest absolute Gasteiger partial charge is 0.450 e. The summed E-state index contributed by atoms with van der Waals surface area (Å²) in [5.74, 6) is -0.478. The number of carbonyl (C=O) groups is 3. The second-order valence-electron chi connectivity index (χ2n) is 8.52. The number of amides is 3. The topological polar surface area (TPSA) is 79.4 Å². The number of aryl methyl sites for hydroxylation is 2. The molecule has 8 nitrogen and oxygen atoms in total. The highest BCUT2D eigenvalue weighted by molar-refractivity contribution is 6.35. The molecule has 0 aliphatic carbocycles. The lowest BCUT2D eigenvalue weighted by molar-refractivity contribution is -0.141. The van der Waals surface area contributed by atoms with Crippen LogP contribution in [0.2, 0.25) is 0 Å². The first kappa shape index (κ1) is 22.3. The Morgan fingerprint density at radius 2 is 1.72 bits per heavy atom. The maximum Gasteiger partial charge on any atom is 0.409 e. The monoisotopic (exact) mass is 441 g/mol. The summed E-state index contributed by atoms with van der Waals surface area (Å²) in [6, 6.07) is 5.67. The van der Waals surface area contributed by atoms with Gasteiger partial charge in [-0.25, -0.2) is 4.79 Å². The van der Waals surface area contributed by atoms with Gasteiger partial charge in [-0.15, -0.1) is 0 Å². The molecule has 2 fully saturated rings. The zero-order valence-corrected chi connectivity index (χ0v) is 19.1. The minimum atomic E-state index is -0.340. The van der Waals surface area contributed by atoms with Crippen LogP contribution in [-0.4, -0.2) is 84.6 Å². The lowest BCUT2D eigenvalue weighted by atomic mass is 9.98. The number of benzene rings is 1. The third-order valence-corrected chi connectivity index (χ3v) is 6.57. The van der Waals surface area contributed by atoms with E-state index in [1.807, 2.05) is 36.9 Å². The Hall–Kier alpha value is -2.87. The minimum absolute atomic E-state index is 0.235. The van der Waals surface area contributed by atoms with Gasteiger partial charge in [0, 0.05) is 32.2 Å².